The zero-order valence-electron chi connectivity index (χ0n) is 14.7. The van der Waals surface area contributed by atoms with Crippen molar-refractivity contribution in [2.24, 2.45) is 0 Å². The number of nitrogens with one attached hydrogen (secondary N) is 1. The summed E-state index contributed by atoms with van der Waals surface area (Å²) in [6.45, 7) is 6.01. The topological polar surface area (TPSA) is 32.3 Å². The summed E-state index contributed by atoms with van der Waals surface area (Å²) >= 11 is 6.27. The van der Waals surface area contributed by atoms with Gasteiger partial charge in [-0.05, 0) is 48.6 Å². The van der Waals surface area contributed by atoms with Crippen LogP contribution >= 0.6 is 11.6 Å². The molecule has 2 aromatic rings. The third-order valence-electron chi connectivity index (χ3n) is 4.50. The van der Waals surface area contributed by atoms with E-state index in [0.717, 1.165) is 36.3 Å². The molecule has 25 heavy (non-hydrogen) atoms. The average Bonchev–Trinajstić information content (AvgIpc) is 2.59. The van der Waals surface area contributed by atoms with Gasteiger partial charge in [0.1, 0.15) is 0 Å². The van der Waals surface area contributed by atoms with Crippen molar-refractivity contribution in [2.45, 2.75) is 20.3 Å². The van der Waals surface area contributed by atoms with Gasteiger partial charge in [0.15, 0.2) is 0 Å². The van der Waals surface area contributed by atoms with Gasteiger partial charge in [-0.15, -0.1) is 0 Å². The predicted molar refractivity (Wildman–Crippen MR) is 105 cm³/mol. The zero-order chi connectivity index (χ0) is 17.8. The lowest BCUT2D eigenvalue weighted by atomic mass is 10.00. The summed E-state index contributed by atoms with van der Waals surface area (Å²) in [5.41, 5.74) is 5.43. The van der Waals surface area contributed by atoms with Crippen LogP contribution in [-0.2, 0) is 4.79 Å². The van der Waals surface area contributed by atoms with E-state index in [1.54, 1.807) is 0 Å². The molecule has 1 heterocycles. The first-order valence-corrected chi connectivity index (χ1v) is 8.94. The fourth-order valence-corrected chi connectivity index (χ4v) is 3.59. The molecule has 0 aromatic heterocycles. The summed E-state index contributed by atoms with van der Waals surface area (Å²) < 4.78 is 0. The van der Waals surface area contributed by atoms with Crippen LogP contribution < -0.4 is 5.32 Å². The molecule has 4 heteroatoms. The number of rotatable bonds is 4. The van der Waals surface area contributed by atoms with Gasteiger partial charge in [-0.1, -0.05) is 54.1 Å². The van der Waals surface area contributed by atoms with E-state index in [1.165, 1.54) is 11.1 Å². The average molecular weight is 355 g/mol. The number of nitrogens with zero attached hydrogens (tertiary/aromatic N) is 1. The highest BCUT2D eigenvalue weighted by Crippen LogP contribution is 2.27. The van der Waals surface area contributed by atoms with Gasteiger partial charge in [0.25, 0.3) is 0 Å². The standard InChI is InChI=1S/C21H23ClN2O/c1-15-12-16(2)21(19(22)13-15)23-20(25)14-24-10-8-18(9-11-24)17-6-4-3-5-7-17/h3-8,12-13H,9-11,14H2,1-2H3,(H,23,25). The largest absolute Gasteiger partial charge is 0.323 e. The second kappa shape index (κ2) is 7.85. The SMILES string of the molecule is Cc1cc(C)c(NC(=O)CN2CC=C(c3ccccc3)CC2)c(Cl)c1. The summed E-state index contributed by atoms with van der Waals surface area (Å²) in [4.78, 5) is 14.5. The molecule has 1 aliphatic heterocycles. The predicted octanol–water partition coefficient (Wildman–Crippen LogP) is 4.68. The lowest BCUT2D eigenvalue weighted by Gasteiger charge is -2.26. The first kappa shape index (κ1) is 17.7. The van der Waals surface area contributed by atoms with Gasteiger partial charge >= 0.3 is 0 Å². The summed E-state index contributed by atoms with van der Waals surface area (Å²) in [7, 11) is 0. The third kappa shape index (κ3) is 4.50. The second-order valence-electron chi connectivity index (χ2n) is 6.57. The van der Waals surface area contributed by atoms with Crippen molar-refractivity contribution in [1.82, 2.24) is 4.90 Å². The smallest absolute Gasteiger partial charge is 0.238 e. The van der Waals surface area contributed by atoms with E-state index in [0.29, 0.717) is 11.6 Å². The molecule has 2 aromatic carbocycles. The Morgan fingerprint density at radius 3 is 2.60 bits per heavy atom. The van der Waals surface area contributed by atoms with Crippen LogP contribution in [0.2, 0.25) is 5.02 Å². The Hall–Kier alpha value is -2.10. The molecule has 1 N–H and O–H groups in total. The quantitative estimate of drug-likeness (QED) is 0.864. The van der Waals surface area contributed by atoms with Crippen molar-refractivity contribution in [3.63, 3.8) is 0 Å². The van der Waals surface area contributed by atoms with Gasteiger partial charge in [0, 0.05) is 13.1 Å². The third-order valence-corrected chi connectivity index (χ3v) is 4.80. The molecule has 0 saturated carbocycles. The maximum atomic E-state index is 12.4. The minimum absolute atomic E-state index is 0.0228. The lowest BCUT2D eigenvalue weighted by Crippen LogP contribution is -2.36. The monoisotopic (exact) mass is 354 g/mol. The molecule has 130 valence electrons. The van der Waals surface area contributed by atoms with Crippen LogP contribution in [0.25, 0.3) is 5.57 Å². The molecule has 0 unspecified atom stereocenters. The number of amides is 1. The van der Waals surface area contributed by atoms with Crippen LogP contribution in [0.15, 0.2) is 48.5 Å². The number of carbonyl (C=O) groups is 1. The number of aryl methyl sites for hydroxylation is 2. The Kier molecular flexibility index (Phi) is 5.57. The molecule has 0 atom stereocenters. The van der Waals surface area contributed by atoms with Crippen LogP contribution in [0.4, 0.5) is 5.69 Å². The van der Waals surface area contributed by atoms with Gasteiger partial charge in [-0.25, -0.2) is 0 Å². The van der Waals surface area contributed by atoms with Gasteiger partial charge < -0.3 is 5.32 Å². The molecule has 3 rings (SSSR count). The molecule has 0 spiro atoms. The van der Waals surface area contributed by atoms with E-state index in [-0.39, 0.29) is 5.91 Å². The minimum Gasteiger partial charge on any atom is -0.323 e. The van der Waals surface area contributed by atoms with Gasteiger partial charge in [-0.3, -0.25) is 9.69 Å². The molecule has 0 fully saturated rings. The first-order chi connectivity index (χ1) is 12.0. The van der Waals surface area contributed by atoms with E-state index in [4.69, 9.17) is 11.6 Å². The normalized spacial score (nSPS) is 14.9. The van der Waals surface area contributed by atoms with Crippen molar-refractivity contribution in [1.29, 1.82) is 0 Å². The number of hydrogen-bond donors (Lipinski definition) is 1. The number of carbonyl (C=O) groups excluding carboxylic acids is 1. The Balaban J connectivity index is 1.59. The Bertz CT molecular complexity index is 776. The fraction of sp³-hybridized carbons (Fsp3) is 0.286. The fourth-order valence-electron chi connectivity index (χ4n) is 3.23. The molecule has 0 saturated heterocycles. The van der Waals surface area contributed by atoms with Crippen LogP contribution in [0.3, 0.4) is 0 Å². The number of benzene rings is 2. The molecule has 0 radical (unpaired) electrons. The Labute approximate surface area is 154 Å². The second-order valence-corrected chi connectivity index (χ2v) is 6.97. The van der Waals surface area contributed by atoms with Gasteiger partial charge in [0.05, 0.1) is 17.3 Å². The molecule has 3 nitrogen and oxygen atoms in total. The van der Waals surface area contributed by atoms with Crippen LogP contribution in [0.1, 0.15) is 23.1 Å². The summed E-state index contributed by atoms with van der Waals surface area (Å²) in [6.07, 6.45) is 3.18. The molecule has 0 aliphatic carbocycles. The number of halogens is 1. The van der Waals surface area contributed by atoms with Gasteiger partial charge in [0.2, 0.25) is 5.91 Å². The summed E-state index contributed by atoms with van der Waals surface area (Å²) in [5, 5.41) is 3.56. The van der Waals surface area contributed by atoms with Crippen LogP contribution in [0, 0.1) is 13.8 Å². The molecule has 1 amide bonds. The van der Waals surface area contributed by atoms with Crippen molar-refractivity contribution in [3.05, 3.63) is 70.3 Å². The van der Waals surface area contributed by atoms with Crippen molar-refractivity contribution in [3.8, 4) is 0 Å². The van der Waals surface area contributed by atoms with Crippen LogP contribution in [-0.4, -0.2) is 30.4 Å². The highest BCUT2D eigenvalue weighted by Gasteiger charge is 2.17. The highest BCUT2D eigenvalue weighted by atomic mass is 35.5. The molecular formula is C21H23ClN2O. The first-order valence-electron chi connectivity index (χ1n) is 8.56. The number of hydrogen-bond acceptors (Lipinski definition) is 2. The minimum atomic E-state index is -0.0228. The molecular weight excluding hydrogens is 332 g/mol. The van der Waals surface area contributed by atoms with Crippen molar-refractivity contribution < 1.29 is 4.79 Å². The van der Waals surface area contributed by atoms with Crippen LogP contribution in [0.5, 0.6) is 0 Å². The maximum absolute atomic E-state index is 12.4. The molecule has 1 aliphatic rings. The highest BCUT2D eigenvalue weighted by molar-refractivity contribution is 6.34. The number of anilines is 1. The Morgan fingerprint density at radius 2 is 1.96 bits per heavy atom. The van der Waals surface area contributed by atoms with E-state index < -0.39 is 0 Å². The Morgan fingerprint density at radius 1 is 1.20 bits per heavy atom. The van der Waals surface area contributed by atoms with E-state index >= 15 is 0 Å². The van der Waals surface area contributed by atoms with E-state index in [1.807, 2.05) is 32.0 Å². The van der Waals surface area contributed by atoms with Gasteiger partial charge in [-0.2, -0.15) is 0 Å². The summed E-state index contributed by atoms with van der Waals surface area (Å²) in [5.74, 6) is -0.0228. The van der Waals surface area contributed by atoms with E-state index in [9.17, 15) is 4.79 Å². The van der Waals surface area contributed by atoms with Crippen molar-refractivity contribution in [2.75, 3.05) is 25.0 Å². The summed E-state index contributed by atoms with van der Waals surface area (Å²) in [6, 6.07) is 14.3. The zero-order valence-corrected chi connectivity index (χ0v) is 15.4. The lowest BCUT2D eigenvalue weighted by molar-refractivity contribution is -0.117. The van der Waals surface area contributed by atoms with E-state index in [2.05, 4.69) is 40.6 Å². The molecule has 0 bridgehead atoms. The van der Waals surface area contributed by atoms with Crippen molar-refractivity contribution >= 4 is 28.8 Å². The maximum Gasteiger partial charge on any atom is 0.238 e.